The number of rotatable bonds is 7. The molecule has 1 amide bonds. The zero-order chi connectivity index (χ0) is 16.0. The van der Waals surface area contributed by atoms with E-state index in [9.17, 15) is 14.7 Å². The van der Waals surface area contributed by atoms with Crippen molar-refractivity contribution in [2.75, 3.05) is 26.3 Å². The molecule has 0 saturated carbocycles. The lowest BCUT2D eigenvalue weighted by atomic mass is 9.76. The van der Waals surface area contributed by atoms with Crippen LogP contribution in [0.25, 0.3) is 0 Å². The van der Waals surface area contributed by atoms with E-state index in [1.54, 1.807) is 11.8 Å². The van der Waals surface area contributed by atoms with Gasteiger partial charge in [-0.15, -0.1) is 0 Å². The summed E-state index contributed by atoms with van der Waals surface area (Å²) in [5, 5.41) is 18.1. The average Bonchev–Trinajstić information content (AvgIpc) is 2.45. The number of ether oxygens (including phenoxy) is 1. The number of hydrogen-bond donors (Lipinski definition) is 2. The van der Waals surface area contributed by atoms with Crippen LogP contribution in [-0.2, 0) is 14.3 Å². The molecular weight excluding hydrogens is 274 g/mol. The maximum Gasteiger partial charge on any atom is 0.310 e. The number of aliphatic hydroxyl groups excluding tert-OH is 1. The van der Waals surface area contributed by atoms with Gasteiger partial charge in [0.25, 0.3) is 0 Å². The highest BCUT2D eigenvalue weighted by atomic mass is 16.5. The Morgan fingerprint density at radius 1 is 1.33 bits per heavy atom. The van der Waals surface area contributed by atoms with E-state index in [0.717, 1.165) is 12.8 Å². The lowest BCUT2D eigenvalue weighted by molar-refractivity contribution is -0.156. The molecule has 0 aromatic carbocycles. The fourth-order valence-electron chi connectivity index (χ4n) is 2.44. The third-order valence-electron chi connectivity index (χ3n) is 4.52. The van der Waals surface area contributed by atoms with Crippen molar-refractivity contribution in [3.05, 3.63) is 0 Å². The molecule has 1 atom stereocenters. The van der Waals surface area contributed by atoms with Gasteiger partial charge in [0.2, 0.25) is 5.91 Å². The van der Waals surface area contributed by atoms with Crippen molar-refractivity contribution in [2.45, 2.75) is 46.1 Å². The highest BCUT2D eigenvalue weighted by molar-refractivity contribution is 5.85. The van der Waals surface area contributed by atoms with Crippen LogP contribution in [-0.4, -0.2) is 59.4 Å². The van der Waals surface area contributed by atoms with Crippen LogP contribution < -0.4 is 0 Å². The van der Waals surface area contributed by atoms with Crippen LogP contribution in [0.5, 0.6) is 0 Å². The van der Waals surface area contributed by atoms with Crippen LogP contribution in [0, 0.1) is 11.3 Å². The molecule has 1 rings (SSSR count). The summed E-state index contributed by atoms with van der Waals surface area (Å²) in [5.41, 5.74) is -1.03. The van der Waals surface area contributed by atoms with E-state index < -0.39 is 11.4 Å². The summed E-state index contributed by atoms with van der Waals surface area (Å²) >= 11 is 0. The topological polar surface area (TPSA) is 87.1 Å². The van der Waals surface area contributed by atoms with Crippen LogP contribution in [0.15, 0.2) is 0 Å². The number of aliphatic hydroxyl groups is 1. The Bertz CT molecular complexity index is 363. The molecule has 0 aliphatic carbocycles. The summed E-state index contributed by atoms with van der Waals surface area (Å²) in [6.07, 6.45) is 1.58. The number of carboxylic acids is 1. The van der Waals surface area contributed by atoms with Crippen molar-refractivity contribution in [1.82, 2.24) is 4.90 Å². The first-order valence-electron chi connectivity index (χ1n) is 7.55. The van der Waals surface area contributed by atoms with E-state index in [0.29, 0.717) is 19.7 Å². The SMILES string of the molecule is CC(C)C(C)(CC(=O)N1CCC(OCCO)CC1)C(=O)O. The van der Waals surface area contributed by atoms with Crippen LogP contribution in [0.1, 0.15) is 40.0 Å². The Labute approximate surface area is 126 Å². The zero-order valence-electron chi connectivity index (χ0n) is 13.2. The molecule has 1 aliphatic rings. The quantitative estimate of drug-likeness (QED) is 0.736. The Hall–Kier alpha value is -1.14. The first-order chi connectivity index (χ1) is 9.81. The van der Waals surface area contributed by atoms with Gasteiger partial charge in [0, 0.05) is 19.5 Å². The Kier molecular flexibility index (Phi) is 6.61. The molecule has 1 heterocycles. The molecule has 21 heavy (non-hydrogen) atoms. The smallest absolute Gasteiger partial charge is 0.310 e. The number of carboxylic acid groups (broad SMARTS) is 1. The second kappa shape index (κ2) is 7.75. The minimum atomic E-state index is -1.03. The summed E-state index contributed by atoms with van der Waals surface area (Å²) in [6.45, 7) is 6.79. The molecule has 0 spiro atoms. The van der Waals surface area contributed by atoms with Gasteiger partial charge < -0.3 is 19.8 Å². The highest BCUT2D eigenvalue weighted by Gasteiger charge is 2.40. The number of likely N-dealkylation sites (tertiary alicyclic amines) is 1. The maximum atomic E-state index is 12.3. The molecule has 0 radical (unpaired) electrons. The van der Waals surface area contributed by atoms with E-state index in [1.807, 2.05) is 13.8 Å². The van der Waals surface area contributed by atoms with Gasteiger partial charge in [-0.1, -0.05) is 13.8 Å². The van der Waals surface area contributed by atoms with Gasteiger partial charge in [0.05, 0.1) is 24.7 Å². The fourth-order valence-corrected chi connectivity index (χ4v) is 2.44. The summed E-state index contributed by atoms with van der Waals surface area (Å²) < 4.78 is 5.46. The maximum absolute atomic E-state index is 12.3. The number of nitrogens with zero attached hydrogens (tertiary/aromatic N) is 1. The van der Waals surface area contributed by atoms with E-state index in [-0.39, 0.29) is 31.0 Å². The molecule has 1 fully saturated rings. The largest absolute Gasteiger partial charge is 0.481 e. The van der Waals surface area contributed by atoms with Crippen molar-refractivity contribution >= 4 is 11.9 Å². The fraction of sp³-hybridized carbons (Fsp3) is 0.867. The highest BCUT2D eigenvalue weighted by Crippen LogP contribution is 2.32. The molecular formula is C15H27NO5. The van der Waals surface area contributed by atoms with Gasteiger partial charge in [-0.25, -0.2) is 0 Å². The summed E-state index contributed by atoms with van der Waals surface area (Å²) in [5.74, 6) is -1.13. The second-order valence-electron chi connectivity index (χ2n) is 6.23. The number of carbonyl (C=O) groups excluding carboxylic acids is 1. The lowest BCUT2D eigenvalue weighted by Crippen LogP contribution is -2.45. The van der Waals surface area contributed by atoms with Gasteiger partial charge in [0.1, 0.15) is 0 Å². The Balaban J connectivity index is 2.52. The van der Waals surface area contributed by atoms with Crippen LogP contribution in [0.2, 0.25) is 0 Å². The van der Waals surface area contributed by atoms with Gasteiger partial charge in [-0.3, -0.25) is 9.59 Å². The van der Waals surface area contributed by atoms with Crippen molar-refractivity contribution in [3.8, 4) is 0 Å². The van der Waals surface area contributed by atoms with Gasteiger partial charge >= 0.3 is 5.97 Å². The molecule has 122 valence electrons. The predicted molar refractivity (Wildman–Crippen MR) is 77.8 cm³/mol. The number of hydrogen-bond acceptors (Lipinski definition) is 4. The molecule has 1 saturated heterocycles. The van der Waals surface area contributed by atoms with E-state index in [2.05, 4.69) is 0 Å². The number of carbonyl (C=O) groups is 2. The Morgan fingerprint density at radius 3 is 2.33 bits per heavy atom. The molecule has 2 N–H and O–H groups in total. The minimum absolute atomic E-state index is 0.00446. The monoisotopic (exact) mass is 301 g/mol. The second-order valence-corrected chi connectivity index (χ2v) is 6.23. The molecule has 6 nitrogen and oxygen atoms in total. The number of piperidine rings is 1. The number of aliphatic carboxylic acids is 1. The summed E-state index contributed by atoms with van der Waals surface area (Å²) in [7, 11) is 0. The van der Waals surface area contributed by atoms with Gasteiger partial charge in [0.15, 0.2) is 0 Å². The molecule has 0 aromatic heterocycles. The molecule has 1 aliphatic heterocycles. The van der Waals surface area contributed by atoms with E-state index in [4.69, 9.17) is 9.84 Å². The standard InChI is InChI=1S/C15H27NO5/c1-11(2)15(3,14(19)20)10-13(18)16-6-4-12(5-7-16)21-9-8-17/h11-12,17H,4-10H2,1-3H3,(H,19,20). The van der Waals surface area contributed by atoms with E-state index in [1.165, 1.54) is 0 Å². The predicted octanol–water partition coefficient (Wildman–Crippen LogP) is 1.12. The van der Waals surface area contributed by atoms with Crippen LogP contribution >= 0.6 is 0 Å². The normalized spacial score (nSPS) is 19.6. The third-order valence-corrected chi connectivity index (χ3v) is 4.52. The van der Waals surface area contributed by atoms with Crippen molar-refractivity contribution in [3.63, 3.8) is 0 Å². The average molecular weight is 301 g/mol. The van der Waals surface area contributed by atoms with Crippen molar-refractivity contribution in [1.29, 1.82) is 0 Å². The van der Waals surface area contributed by atoms with Crippen LogP contribution in [0.4, 0.5) is 0 Å². The van der Waals surface area contributed by atoms with Gasteiger partial charge in [-0.2, -0.15) is 0 Å². The number of amides is 1. The van der Waals surface area contributed by atoms with Crippen molar-refractivity contribution < 1.29 is 24.5 Å². The molecule has 0 aromatic rings. The first kappa shape index (κ1) is 17.9. The lowest BCUT2D eigenvalue weighted by Gasteiger charge is -2.35. The summed E-state index contributed by atoms with van der Waals surface area (Å²) in [6, 6.07) is 0. The van der Waals surface area contributed by atoms with E-state index >= 15 is 0 Å². The molecule has 6 heteroatoms. The van der Waals surface area contributed by atoms with Gasteiger partial charge in [-0.05, 0) is 25.7 Å². The van der Waals surface area contributed by atoms with Crippen molar-refractivity contribution in [2.24, 2.45) is 11.3 Å². The first-order valence-corrected chi connectivity index (χ1v) is 7.55. The zero-order valence-corrected chi connectivity index (χ0v) is 13.2. The molecule has 0 bridgehead atoms. The summed E-state index contributed by atoms with van der Waals surface area (Å²) in [4.78, 5) is 25.5. The van der Waals surface area contributed by atoms with Crippen LogP contribution in [0.3, 0.4) is 0 Å². The third kappa shape index (κ3) is 4.68. The minimum Gasteiger partial charge on any atom is -0.481 e. The molecule has 1 unspecified atom stereocenters. The Morgan fingerprint density at radius 2 is 1.90 bits per heavy atom.